The fourth-order valence-electron chi connectivity index (χ4n) is 8.33. The molecule has 0 spiro atoms. The monoisotopic (exact) mass is 799 g/mol. The number of likely N-dealkylation sites (tertiary alicyclic amines) is 1. The highest BCUT2D eigenvalue weighted by atomic mass is 79.9. The van der Waals surface area contributed by atoms with Crippen LogP contribution in [0.4, 0.5) is 17.1 Å². The molecule has 8 rings (SSSR count). The van der Waals surface area contributed by atoms with Crippen LogP contribution in [0.5, 0.6) is 11.5 Å². The molecule has 2 aliphatic heterocycles. The minimum absolute atomic E-state index is 0.144. The Labute approximate surface area is 318 Å². The van der Waals surface area contributed by atoms with Crippen LogP contribution in [0.1, 0.15) is 29.9 Å². The third-order valence-electron chi connectivity index (χ3n) is 10.8. The van der Waals surface area contributed by atoms with Crippen molar-refractivity contribution in [3.63, 3.8) is 0 Å². The summed E-state index contributed by atoms with van der Waals surface area (Å²) in [7, 11) is 0. The number of nitrogens with zero attached hydrogens (tertiary/aromatic N) is 2. The molecule has 6 atom stereocenters. The number of fused-ring (bicyclic) bond motifs is 4. The lowest BCUT2D eigenvalue weighted by Gasteiger charge is -2.50. The van der Waals surface area contributed by atoms with Crippen molar-refractivity contribution in [2.75, 3.05) is 15.7 Å². The number of phenolic OH excluding ortho intramolecular Hbond substituents is 1. The van der Waals surface area contributed by atoms with Gasteiger partial charge in [-0.05, 0) is 66.8 Å². The molecule has 4 aromatic rings. The van der Waals surface area contributed by atoms with Crippen LogP contribution in [0, 0.1) is 17.8 Å². The molecule has 2 saturated heterocycles. The Bertz CT molecular complexity index is 2130. The van der Waals surface area contributed by atoms with Gasteiger partial charge < -0.3 is 15.2 Å². The number of anilines is 3. The number of amides is 4. The van der Waals surface area contributed by atoms with Gasteiger partial charge in [-0.2, -0.15) is 0 Å². The molecule has 0 radical (unpaired) electrons. The summed E-state index contributed by atoms with van der Waals surface area (Å²) in [5.74, 6) is -5.42. The van der Waals surface area contributed by atoms with Crippen molar-refractivity contribution in [3.05, 3.63) is 126 Å². The number of hydrogen-bond acceptors (Lipinski definition) is 7. The topological polar surface area (TPSA) is 116 Å². The lowest BCUT2D eigenvalue weighted by molar-refractivity contribution is -0.138. The molecule has 9 nitrogen and oxygen atoms in total. The molecular formula is C40H32BrCl2N3O6. The highest BCUT2D eigenvalue weighted by Gasteiger charge is 2.76. The summed E-state index contributed by atoms with van der Waals surface area (Å²) < 4.78 is 5.94. The smallest absolute Gasteiger partial charge is 0.254 e. The van der Waals surface area contributed by atoms with Gasteiger partial charge in [-0.15, -0.1) is 23.2 Å². The molecule has 2 aliphatic carbocycles. The molecule has 264 valence electrons. The van der Waals surface area contributed by atoms with Gasteiger partial charge in [0.25, 0.3) is 11.8 Å². The first-order valence-corrected chi connectivity index (χ1v) is 18.7. The third-order valence-corrected chi connectivity index (χ3v) is 12.7. The Morgan fingerprint density at radius 1 is 0.827 bits per heavy atom. The zero-order valence-electron chi connectivity index (χ0n) is 27.5. The Kier molecular flexibility index (Phi) is 8.67. The SMILES string of the molecule is O=C1[C@H]2[C@H](CC=C3[C@H]2C[C@@]2(Cl)C(=O)N(CBr)C(=O)[C@@]2(Cl)[C@H]3c2ccc(OCc3ccccc3)cc2O)C(=O)N1c1ccc(Nc2ccccc2)cc1. The van der Waals surface area contributed by atoms with E-state index in [4.69, 9.17) is 27.9 Å². The van der Waals surface area contributed by atoms with Gasteiger partial charge >= 0.3 is 0 Å². The maximum atomic E-state index is 14.4. The number of benzene rings is 4. The highest BCUT2D eigenvalue weighted by molar-refractivity contribution is 9.09. The second-order valence-electron chi connectivity index (χ2n) is 13.5. The Morgan fingerprint density at radius 2 is 1.50 bits per heavy atom. The van der Waals surface area contributed by atoms with E-state index >= 15 is 0 Å². The van der Waals surface area contributed by atoms with Crippen molar-refractivity contribution in [1.82, 2.24) is 4.90 Å². The molecule has 52 heavy (non-hydrogen) atoms. The first kappa shape index (κ1) is 34.4. The second-order valence-corrected chi connectivity index (χ2v) is 15.3. The zero-order valence-corrected chi connectivity index (χ0v) is 30.6. The molecule has 12 heteroatoms. The minimum atomic E-state index is -2.04. The van der Waals surface area contributed by atoms with Gasteiger partial charge in [-0.3, -0.25) is 29.0 Å². The average molecular weight is 802 g/mol. The van der Waals surface area contributed by atoms with Crippen molar-refractivity contribution < 1.29 is 29.0 Å². The summed E-state index contributed by atoms with van der Waals surface area (Å²) in [6, 6.07) is 30.9. The predicted octanol–water partition coefficient (Wildman–Crippen LogP) is 7.63. The maximum Gasteiger partial charge on any atom is 0.254 e. The second kappa shape index (κ2) is 13.1. The van der Waals surface area contributed by atoms with E-state index in [1.807, 2.05) is 66.7 Å². The van der Waals surface area contributed by atoms with Gasteiger partial charge in [-0.25, -0.2) is 0 Å². The number of halogens is 3. The van der Waals surface area contributed by atoms with Gasteiger partial charge in [0.1, 0.15) is 18.1 Å². The number of allylic oxidation sites excluding steroid dienone is 2. The number of rotatable bonds is 8. The van der Waals surface area contributed by atoms with E-state index in [2.05, 4.69) is 21.2 Å². The van der Waals surface area contributed by atoms with Crippen LogP contribution in [0.25, 0.3) is 0 Å². The Morgan fingerprint density at radius 3 is 2.17 bits per heavy atom. The van der Waals surface area contributed by atoms with Crippen LogP contribution in [0.15, 0.2) is 115 Å². The van der Waals surface area contributed by atoms with Crippen LogP contribution >= 0.6 is 39.1 Å². The van der Waals surface area contributed by atoms with E-state index in [1.165, 1.54) is 11.0 Å². The van der Waals surface area contributed by atoms with Crippen LogP contribution in [0.3, 0.4) is 0 Å². The summed E-state index contributed by atoms with van der Waals surface area (Å²) in [6.07, 6.45) is 1.89. The quantitative estimate of drug-likeness (QED) is 0.0815. The summed E-state index contributed by atoms with van der Waals surface area (Å²) >= 11 is 17.9. The Hall–Kier alpha value is -4.64. The normalized spacial score (nSPS) is 27.9. The predicted molar refractivity (Wildman–Crippen MR) is 201 cm³/mol. The molecule has 4 amide bonds. The largest absolute Gasteiger partial charge is 0.508 e. The van der Waals surface area contributed by atoms with Gasteiger partial charge in [0.15, 0.2) is 9.75 Å². The van der Waals surface area contributed by atoms with E-state index < -0.39 is 51.1 Å². The molecule has 0 unspecified atom stereocenters. The van der Waals surface area contributed by atoms with Crippen LogP contribution < -0.4 is 15.0 Å². The molecule has 0 bridgehead atoms. The third kappa shape index (κ3) is 5.25. The number of carbonyl (C=O) groups excluding carboxylic acids is 4. The summed E-state index contributed by atoms with van der Waals surface area (Å²) in [4.78, 5) is 54.7. The summed E-state index contributed by atoms with van der Waals surface area (Å²) in [5.41, 5.74) is 3.73. The van der Waals surface area contributed by atoms with Gasteiger partial charge in [0, 0.05) is 28.9 Å². The first-order chi connectivity index (χ1) is 25.1. The van der Waals surface area contributed by atoms with E-state index in [0.29, 0.717) is 17.0 Å². The number of nitrogens with one attached hydrogen (secondary N) is 1. The fraction of sp³-hybridized carbons (Fsp3) is 0.250. The van der Waals surface area contributed by atoms with Gasteiger partial charge in [0.2, 0.25) is 11.8 Å². The number of carbonyl (C=O) groups is 4. The van der Waals surface area contributed by atoms with Crippen molar-refractivity contribution in [2.45, 2.75) is 35.1 Å². The number of alkyl halides is 3. The molecular weight excluding hydrogens is 769 g/mol. The standard InChI is InChI=1S/C40H32BrCl2N3O6/c41-22-45-37(50)39(42)20-31-28(34(40(39,43)38(45)51)29-16-15-27(19-32(29)47)52-21-23-7-3-1-4-8-23)17-18-30-33(31)36(49)46(35(30)48)26-13-11-25(12-14-26)44-24-9-5-2-6-10-24/h1-17,19,30-31,33-34,44,47H,18,20-22H2/t30-,31+,33-,34+,39+,40-/m0/s1. The molecule has 4 aromatic carbocycles. The van der Waals surface area contributed by atoms with Crippen LogP contribution in [-0.4, -0.2) is 48.8 Å². The van der Waals surface area contributed by atoms with Crippen molar-refractivity contribution >= 4 is 79.8 Å². The van der Waals surface area contributed by atoms with E-state index in [-0.39, 0.29) is 42.1 Å². The minimum Gasteiger partial charge on any atom is -0.508 e. The van der Waals surface area contributed by atoms with E-state index in [0.717, 1.165) is 21.8 Å². The molecule has 4 aliphatic rings. The number of aromatic hydroxyl groups is 1. The number of phenols is 1. The number of para-hydroxylation sites is 1. The van der Waals surface area contributed by atoms with Gasteiger partial charge in [0.05, 0.1) is 23.0 Å². The lowest BCUT2D eigenvalue weighted by Crippen LogP contribution is -2.60. The molecule has 0 aromatic heterocycles. The highest BCUT2D eigenvalue weighted by Crippen LogP contribution is 2.66. The van der Waals surface area contributed by atoms with E-state index in [1.54, 1.807) is 36.4 Å². The lowest BCUT2D eigenvalue weighted by atomic mass is 9.56. The van der Waals surface area contributed by atoms with Crippen molar-refractivity contribution in [2.24, 2.45) is 17.8 Å². The van der Waals surface area contributed by atoms with Crippen molar-refractivity contribution in [1.29, 1.82) is 0 Å². The zero-order chi connectivity index (χ0) is 36.4. The van der Waals surface area contributed by atoms with Crippen LogP contribution in [0.2, 0.25) is 0 Å². The van der Waals surface area contributed by atoms with E-state index in [9.17, 15) is 24.3 Å². The number of ether oxygens (including phenoxy) is 1. The van der Waals surface area contributed by atoms with Crippen molar-refractivity contribution in [3.8, 4) is 11.5 Å². The number of hydrogen-bond donors (Lipinski definition) is 2. The van der Waals surface area contributed by atoms with Crippen LogP contribution in [-0.2, 0) is 25.8 Å². The van der Waals surface area contributed by atoms with Gasteiger partial charge in [-0.1, -0.05) is 82.2 Å². The fourth-order valence-corrected chi connectivity index (χ4v) is 9.75. The summed E-state index contributed by atoms with van der Waals surface area (Å²) in [6.45, 7) is 0.260. The molecule has 3 fully saturated rings. The maximum absolute atomic E-state index is 14.4. The Balaban J connectivity index is 1.15. The average Bonchev–Trinajstić information content (AvgIpc) is 3.49. The molecule has 2 N–H and O–H groups in total. The molecule has 2 heterocycles. The molecule has 1 saturated carbocycles. The first-order valence-electron chi connectivity index (χ1n) is 16.9. The summed E-state index contributed by atoms with van der Waals surface area (Å²) in [5, 5.41) is 14.9. The number of imide groups is 2.